The van der Waals surface area contributed by atoms with Crippen LogP contribution in [0.2, 0.25) is 0 Å². The van der Waals surface area contributed by atoms with Gasteiger partial charge < -0.3 is 10.1 Å². The van der Waals surface area contributed by atoms with E-state index >= 15 is 0 Å². The molecule has 2 N–H and O–H groups in total. The third-order valence-electron chi connectivity index (χ3n) is 4.21. The van der Waals surface area contributed by atoms with Gasteiger partial charge in [0.25, 0.3) is 5.91 Å². The Hall–Kier alpha value is -2.82. The van der Waals surface area contributed by atoms with Crippen LogP contribution in [0, 0.1) is 0 Å². The van der Waals surface area contributed by atoms with Gasteiger partial charge in [-0.1, -0.05) is 0 Å². The van der Waals surface area contributed by atoms with E-state index in [0.29, 0.717) is 11.3 Å². The van der Waals surface area contributed by atoms with Crippen LogP contribution >= 0.6 is 0 Å². The maximum Gasteiger partial charge on any atom is 0.255 e. The monoisotopic (exact) mass is 417 g/mol. The number of hydrogen-bond donors (Lipinski definition) is 2. The van der Waals surface area contributed by atoms with Gasteiger partial charge in [0, 0.05) is 30.6 Å². The number of nitrogens with zero attached hydrogens (tertiary/aromatic N) is 3. The summed E-state index contributed by atoms with van der Waals surface area (Å²) in [5.41, 5.74) is 1.61. The van der Waals surface area contributed by atoms with E-state index in [1.54, 1.807) is 23.1 Å². The first-order chi connectivity index (χ1) is 13.8. The quantitative estimate of drug-likeness (QED) is 0.543. The molecule has 1 amide bonds. The van der Waals surface area contributed by atoms with Crippen molar-refractivity contribution < 1.29 is 17.9 Å². The Labute approximate surface area is 169 Å². The van der Waals surface area contributed by atoms with Crippen LogP contribution in [0.15, 0.2) is 47.6 Å². The fourth-order valence-electron chi connectivity index (χ4n) is 2.74. The molecule has 29 heavy (non-hydrogen) atoms. The van der Waals surface area contributed by atoms with Crippen molar-refractivity contribution in [3.05, 3.63) is 48.3 Å². The lowest BCUT2D eigenvalue weighted by molar-refractivity contribution is 0.102. The molecule has 0 atom stereocenters. The highest BCUT2D eigenvalue weighted by molar-refractivity contribution is 7.89. The van der Waals surface area contributed by atoms with Crippen LogP contribution in [0.1, 0.15) is 30.2 Å². The van der Waals surface area contributed by atoms with Crippen molar-refractivity contribution in [2.75, 3.05) is 25.6 Å². The molecule has 1 aromatic carbocycles. The van der Waals surface area contributed by atoms with Gasteiger partial charge in [0.1, 0.15) is 0 Å². The molecule has 0 aliphatic heterocycles. The van der Waals surface area contributed by atoms with Crippen LogP contribution in [0.3, 0.4) is 0 Å². The van der Waals surface area contributed by atoms with Crippen LogP contribution in [-0.2, 0) is 14.8 Å². The summed E-state index contributed by atoms with van der Waals surface area (Å²) in [6.45, 7) is 4.47. The van der Waals surface area contributed by atoms with Crippen LogP contribution in [0.4, 0.5) is 5.69 Å². The molecule has 3 aromatic rings. The summed E-state index contributed by atoms with van der Waals surface area (Å²) >= 11 is 0. The summed E-state index contributed by atoms with van der Waals surface area (Å²) in [5.74, 6) is -0.362. The molecule has 0 saturated heterocycles. The fraction of sp³-hybridized carbons (Fsp3) is 0.316. The lowest BCUT2D eigenvalue weighted by Gasteiger charge is -2.09. The van der Waals surface area contributed by atoms with E-state index < -0.39 is 10.0 Å². The zero-order valence-electron chi connectivity index (χ0n) is 16.4. The molecule has 2 heterocycles. The van der Waals surface area contributed by atoms with Gasteiger partial charge in [-0.3, -0.25) is 4.79 Å². The zero-order chi connectivity index (χ0) is 21.0. The molecule has 0 spiro atoms. The summed E-state index contributed by atoms with van der Waals surface area (Å²) in [4.78, 5) is 17.0. The molecule has 0 aliphatic carbocycles. The van der Waals surface area contributed by atoms with E-state index in [0.717, 1.165) is 11.0 Å². The smallest absolute Gasteiger partial charge is 0.255 e. The number of aromatic nitrogens is 3. The molecule has 154 valence electrons. The van der Waals surface area contributed by atoms with Crippen LogP contribution < -0.4 is 10.0 Å². The van der Waals surface area contributed by atoms with Crippen molar-refractivity contribution in [1.82, 2.24) is 19.5 Å². The number of methoxy groups -OCH3 is 1. The molecule has 0 fully saturated rings. The first-order valence-electron chi connectivity index (χ1n) is 9.05. The number of pyridine rings is 1. The average Bonchev–Trinajstić information content (AvgIpc) is 3.11. The number of rotatable bonds is 8. The second-order valence-electron chi connectivity index (χ2n) is 6.69. The zero-order valence-corrected chi connectivity index (χ0v) is 17.2. The van der Waals surface area contributed by atoms with Gasteiger partial charge in [-0.2, -0.15) is 5.10 Å². The topological polar surface area (TPSA) is 115 Å². The Bertz CT molecular complexity index is 1110. The molecule has 0 saturated carbocycles. The van der Waals surface area contributed by atoms with E-state index in [2.05, 4.69) is 20.1 Å². The molecule has 0 aliphatic rings. The van der Waals surface area contributed by atoms with Gasteiger partial charge in [0.15, 0.2) is 5.65 Å². The first-order valence-corrected chi connectivity index (χ1v) is 10.5. The third-order valence-corrected chi connectivity index (χ3v) is 5.68. The molecule has 0 bridgehead atoms. The summed E-state index contributed by atoms with van der Waals surface area (Å²) in [5, 5.41) is 7.89. The highest BCUT2D eigenvalue weighted by Crippen LogP contribution is 2.20. The second kappa shape index (κ2) is 8.68. The minimum atomic E-state index is -3.64. The number of benzene rings is 1. The summed E-state index contributed by atoms with van der Waals surface area (Å²) < 4.78 is 33.4. The molecule has 10 heteroatoms. The second-order valence-corrected chi connectivity index (χ2v) is 8.46. The van der Waals surface area contributed by atoms with Gasteiger partial charge in [-0.05, 0) is 44.2 Å². The highest BCUT2D eigenvalue weighted by Gasteiger charge is 2.15. The number of ether oxygens (including phenoxy) is 1. The third kappa shape index (κ3) is 4.78. The van der Waals surface area contributed by atoms with Gasteiger partial charge >= 0.3 is 0 Å². The number of anilines is 1. The van der Waals surface area contributed by atoms with Gasteiger partial charge in [-0.25, -0.2) is 22.8 Å². The molecule has 3 rings (SSSR count). The van der Waals surface area contributed by atoms with Gasteiger partial charge in [0.2, 0.25) is 10.0 Å². The Kier molecular flexibility index (Phi) is 6.26. The predicted molar refractivity (Wildman–Crippen MR) is 109 cm³/mol. The molecule has 0 radical (unpaired) electrons. The Morgan fingerprint density at radius 2 is 1.93 bits per heavy atom. The number of carbonyl (C=O) groups is 1. The number of hydrogen-bond acceptors (Lipinski definition) is 6. The molecule has 0 unspecified atom stereocenters. The van der Waals surface area contributed by atoms with Crippen LogP contribution in [0.5, 0.6) is 0 Å². The number of sulfonamides is 1. The highest BCUT2D eigenvalue weighted by atomic mass is 32.2. The lowest BCUT2D eigenvalue weighted by atomic mass is 10.2. The van der Waals surface area contributed by atoms with E-state index in [4.69, 9.17) is 4.74 Å². The largest absolute Gasteiger partial charge is 0.383 e. The molecular weight excluding hydrogens is 394 g/mol. The van der Waals surface area contributed by atoms with E-state index in [-0.39, 0.29) is 30.0 Å². The van der Waals surface area contributed by atoms with Crippen molar-refractivity contribution in [2.24, 2.45) is 0 Å². The number of carbonyl (C=O) groups excluding carboxylic acids is 1. The van der Waals surface area contributed by atoms with E-state index in [1.807, 2.05) is 13.8 Å². The van der Waals surface area contributed by atoms with Crippen molar-refractivity contribution in [3.63, 3.8) is 0 Å². The summed E-state index contributed by atoms with van der Waals surface area (Å²) in [6, 6.07) is 7.67. The Balaban J connectivity index is 1.72. The molecular formula is C19H23N5O4S. The fourth-order valence-corrected chi connectivity index (χ4v) is 3.75. The van der Waals surface area contributed by atoms with E-state index in [1.165, 1.54) is 31.4 Å². The van der Waals surface area contributed by atoms with E-state index in [9.17, 15) is 13.2 Å². The average molecular weight is 417 g/mol. The van der Waals surface area contributed by atoms with Crippen molar-refractivity contribution >= 4 is 32.7 Å². The molecule has 2 aromatic heterocycles. The normalized spacial score (nSPS) is 11.9. The Morgan fingerprint density at radius 3 is 2.59 bits per heavy atom. The summed E-state index contributed by atoms with van der Waals surface area (Å²) in [6.07, 6.45) is 3.27. The predicted octanol–water partition coefficient (Wildman–Crippen LogP) is 2.19. The maximum absolute atomic E-state index is 12.5. The van der Waals surface area contributed by atoms with Crippen molar-refractivity contribution in [3.8, 4) is 0 Å². The first kappa shape index (κ1) is 20.9. The standard InChI is InChI=1S/C19H23N5O4S/c1-13(2)24-18-15(11-21-24)10-16(12-20-18)23-19(25)14-4-6-17(7-5-14)29(26,27)22-8-9-28-3/h4-7,10-13,22H,8-9H2,1-3H3,(H,23,25). The van der Waals surface area contributed by atoms with Crippen LogP contribution in [-0.4, -0.2) is 49.4 Å². The number of amides is 1. The molecule has 9 nitrogen and oxygen atoms in total. The van der Waals surface area contributed by atoms with Gasteiger partial charge in [0.05, 0.1) is 29.6 Å². The maximum atomic E-state index is 12.5. The van der Waals surface area contributed by atoms with Crippen molar-refractivity contribution in [2.45, 2.75) is 24.8 Å². The van der Waals surface area contributed by atoms with Gasteiger partial charge in [-0.15, -0.1) is 0 Å². The number of fused-ring (bicyclic) bond motifs is 1. The SMILES string of the molecule is COCCNS(=O)(=O)c1ccc(C(=O)Nc2cnc3c(cnn3C(C)C)c2)cc1. The minimum absolute atomic E-state index is 0.0781. The summed E-state index contributed by atoms with van der Waals surface area (Å²) in [7, 11) is -2.15. The van der Waals surface area contributed by atoms with Crippen LogP contribution in [0.25, 0.3) is 11.0 Å². The lowest BCUT2D eigenvalue weighted by Crippen LogP contribution is -2.27. The van der Waals surface area contributed by atoms with Crippen molar-refractivity contribution in [1.29, 1.82) is 0 Å². The Morgan fingerprint density at radius 1 is 1.21 bits per heavy atom. The number of nitrogens with one attached hydrogen (secondary N) is 2. The minimum Gasteiger partial charge on any atom is -0.383 e.